The fourth-order valence-corrected chi connectivity index (χ4v) is 11.5. The van der Waals surface area contributed by atoms with E-state index in [1.54, 1.807) is 0 Å². The fraction of sp³-hybridized carbons (Fsp3) is 0.933. The van der Waals surface area contributed by atoms with Gasteiger partial charge >= 0.3 is 0 Å². The highest BCUT2D eigenvalue weighted by molar-refractivity contribution is 5.21. The molecule has 1 N–H and O–H groups in total. The molecule has 5 aliphatic rings. The number of allylic oxidation sites excluding steroid dienone is 1. The number of hydrogen-bond donors (Lipinski definition) is 1. The Morgan fingerprint density at radius 1 is 0.742 bits per heavy atom. The Morgan fingerprint density at radius 2 is 1.45 bits per heavy atom. The van der Waals surface area contributed by atoms with Crippen LogP contribution in [0.2, 0.25) is 0 Å². The Kier molecular flexibility index (Phi) is 4.82. The molecule has 5 saturated carbocycles. The molecule has 0 spiro atoms. The molecule has 1 nitrogen and oxygen atoms in total. The van der Waals surface area contributed by atoms with Gasteiger partial charge in [0.25, 0.3) is 0 Å². The minimum Gasteiger partial charge on any atom is -0.393 e. The lowest BCUT2D eigenvalue weighted by molar-refractivity contribution is -0.246. The van der Waals surface area contributed by atoms with Gasteiger partial charge in [0.1, 0.15) is 0 Å². The van der Waals surface area contributed by atoms with Gasteiger partial charge in [-0.3, -0.25) is 0 Å². The molecule has 0 heterocycles. The van der Waals surface area contributed by atoms with Crippen LogP contribution >= 0.6 is 0 Å². The lowest BCUT2D eigenvalue weighted by Gasteiger charge is -2.73. The smallest absolute Gasteiger partial charge is 0.0594 e. The summed E-state index contributed by atoms with van der Waals surface area (Å²) in [5.74, 6) is 3.98. The summed E-state index contributed by atoms with van der Waals surface area (Å²) < 4.78 is 0. The first-order chi connectivity index (χ1) is 14.3. The number of aliphatic hydroxyl groups excluding tert-OH is 1. The van der Waals surface area contributed by atoms with Gasteiger partial charge in [-0.15, -0.1) is 0 Å². The summed E-state index contributed by atoms with van der Waals surface area (Å²) in [6, 6.07) is 0. The predicted octanol–water partition coefficient (Wildman–Crippen LogP) is 8.02. The predicted molar refractivity (Wildman–Crippen MR) is 131 cm³/mol. The van der Waals surface area contributed by atoms with Crippen LogP contribution in [0.5, 0.6) is 0 Å². The lowest BCUT2D eigenvalue weighted by atomic mass is 9.32. The van der Waals surface area contributed by atoms with Crippen molar-refractivity contribution in [1.29, 1.82) is 0 Å². The van der Waals surface area contributed by atoms with Gasteiger partial charge in [0.05, 0.1) is 6.10 Å². The van der Waals surface area contributed by atoms with Crippen LogP contribution in [0.1, 0.15) is 113 Å². The van der Waals surface area contributed by atoms with Gasteiger partial charge in [0.2, 0.25) is 0 Å². The summed E-state index contributed by atoms with van der Waals surface area (Å²) >= 11 is 0. The number of aliphatic hydroxyl groups is 1. The van der Waals surface area contributed by atoms with Crippen LogP contribution in [0.25, 0.3) is 0 Å². The van der Waals surface area contributed by atoms with E-state index in [2.05, 4.69) is 55.0 Å². The maximum absolute atomic E-state index is 10.9. The average Bonchev–Trinajstić information content (AvgIpc) is 3.04. The van der Waals surface area contributed by atoms with Crippen molar-refractivity contribution in [3.63, 3.8) is 0 Å². The quantitative estimate of drug-likeness (QED) is 0.421. The summed E-state index contributed by atoms with van der Waals surface area (Å²) in [4.78, 5) is 0. The highest BCUT2D eigenvalue weighted by Gasteiger charge is 2.70. The first-order valence-electron chi connectivity index (χ1n) is 13.6. The molecule has 0 aromatic carbocycles. The number of fused-ring (bicyclic) bond motifs is 7. The molecular formula is C30H50O. The van der Waals surface area contributed by atoms with E-state index in [0.717, 1.165) is 30.1 Å². The molecule has 0 amide bonds. The molecule has 10 atom stereocenters. The molecule has 5 rings (SSSR count). The Morgan fingerprint density at radius 3 is 2.13 bits per heavy atom. The van der Waals surface area contributed by atoms with Gasteiger partial charge in [0.15, 0.2) is 0 Å². The number of rotatable bonds is 1. The second-order valence-corrected chi connectivity index (χ2v) is 14.7. The molecule has 0 saturated heterocycles. The van der Waals surface area contributed by atoms with E-state index in [-0.39, 0.29) is 11.5 Å². The standard InChI is InChI=1S/C30H50O/c1-19(2)20-11-14-27(5)17-18-29(7)21(25(20)27)9-10-23-28(6)15-13-24(31)26(3,4)22(28)12-16-30(23,29)8/h20-25,31H,1,9-18H2,2-8H3/t20-,21-,22?,23?,24-,25?,27+,28-,29+,30+/m0/s1. The third-order valence-electron chi connectivity index (χ3n) is 13.5. The minimum absolute atomic E-state index is 0.0632. The summed E-state index contributed by atoms with van der Waals surface area (Å²) in [5.41, 5.74) is 3.38. The van der Waals surface area contributed by atoms with E-state index in [4.69, 9.17) is 0 Å². The van der Waals surface area contributed by atoms with E-state index < -0.39 is 0 Å². The molecule has 0 aliphatic heterocycles. The highest BCUT2D eigenvalue weighted by atomic mass is 16.3. The Bertz CT molecular complexity index is 766. The van der Waals surface area contributed by atoms with Gasteiger partial charge in [-0.25, -0.2) is 0 Å². The van der Waals surface area contributed by atoms with Crippen LogP contribution in [0, 0.1) is 56.7 Å². The van der Waals surface area contributed by atoms with Crippen LogP contribution in [0.3, 0.4) is 0 Å². The zero-order valence-electron chi connectivity index (χ0n) is 21.7. The monoisotopic (exact) mass is 426 g/mol. The van der Waals surface area contributed by atoms with Crippen molar-refractivity contribution in [3.8, 4) is 0 Å². The van der Waals surface area contributed by atoms with Crippen LogP contribution in [-0.4, -0.2) is 11.2 Å². The van der Waals surface area contributed by atoms with Crippen LogP contribution in [0.4, 0.5) is 0 Å². The second kappa shape index (κ2) is 6.64. The van der Waals surface area contributed by atoms with E-state index >= 15 is 0 Å². The van der Waals surface area contributed by atoms with Crippen molar-refractivity contribution < 1.29 is 5.11 Å². The van der Waals surface area contributed by atoms with Crippen molar-refractivity contribution in [1.82, 2.24) is 0 Å². The van der Waals surface area contributed by atoms with E-state index in [0.29, 0.717) is 27.6 Å². The molecule has 0 radical (unpaired) electrons. The Balaban J connectivity index is 1.54. The summed E-state index contributed by atoms with van der Waals surface area (Å²) in [6.07, 6.45) is 13.4. The number of hydrogen-bond acceptors (Lipinski definition) is 1. The van der Waals surface area contributed by atoms with Gasteiger partial charge in [0, 0.05) is 0 Å². The molecule has 5 aliphatic carbocycles. The normalized spacial score (nSPS) is 57.9. The molecule has 3 unspecified atom stereocenters. The van der Waals surface area contributed by atoms with Crippen LogP contribution < -0.4 is 0 Å². The summed E-state index contributed by atoms with van der Waals surface area (Å²) in [5, 5.41) is 10.9. The van der Waals surface area contributed by atoms with E-state index in [1.165, 1.54) is 63.4 Å². The third-order valence-corrected chi connectivity index (χ3v) is 13.5. The molecule has 1 heteroatoms. The lowest BCUT2D eigenvalue weighted by Crippen LogP contribution is -2.66. The molecule has 176 valence electrons. The largest absolute Gasteiger partial charge is 0.393 e. The zero-order valence-corrected chi connectivity index (χ0v) is 21.7. The van der Waals surface area contributed by atoms with E-state index in [1.807, 2.05) is 0 Å². The second-order valence-electron chi connectivity index (χ2n) is 14.7. The Hall–Kier alpha value is -0.300. The molecule has 0 aromatic rings. The molecule has 0 bridgehead atoms. The molecule has 5 fully saturated rings. The topological polar surface area (TPSA) is 20.2 Å². The highest BCUT2D eigenvalue weighted by Crippen LogP contribution is 2.77. The SMILES string of the molecule is C=C(C)[C@@H]1CC[C@]2(C)CC[C@]3(C)[C@@H](CCC4[C@@]5(C)CC[C@H](O)C(C)(C)C5CC[C@]43C)C12. The van der Waals surface area contributed by atoms with E-state index in [9.17, 15) is 5.11 Å². The van der Waals surface area contributed by atoms with Crippen molar-refractivity contribution in [2.45, 2.75) is 119 Å². The maximum atomic E-state index is 10.9. The van der Waals surface area contributed by atoms with Crippen LogP contribution in [0.15, 0.2) is 12.2 Å². The first kappa shape index (κ1) is 22.5. The van der Waals surface area contributed by atoms with Crippen molar-refractivity contribution in [2.24, 2.45) is 56.7 Å². The minimum atomic E-state index is -0.118. The zero-order chi connectivity index (χ0) is 22.6. The van der Waals surface area contributed by atoms with Crippen molar-refractivity contribution in [2.75, 3.05) is 0 Å². The van der Waals surface area contributed by atoms with Crippen LogP contribution in [-0.2, 0) is 0 Å². The van der Waals surface area contributed by atoms with Gasteiger partial charge in [-0.05, 0) is 128 Å². The van der Waals surface area contributed by atoms with Gasteiger partial charge < -0.3 is 5.11 Å². The first-order valence-corrected chi connectivity index (χ1v) is 13.6. The molecular weight excluding hydrogens is 376 g/mol. The summed E-state index contributed by atoms with van der Waals surface area (Å²) in [6.45, 7) is 22.3. The average molecular weight is 427 g/mol. The van der Waals surface area contributed by atoms with Crippen molar-refractivity contribution >= 4 is 0 Å². The summed E-state index contributed by atoms with van der Waals surface area (Å²) in [7, 11) is 0. The molecule has 0 aromatic heterocycles. The van der Waals surface area contributed by atoms with Gasteiger partial charge in [-0.2, -0.15) is 0 Å². The fourth-order valence-electron chi connectivity index (χ4n) is 11.5. The Labute approximate surface area is 192 Å². The maximum Gasteiger partial charge on any atom is 0.0594 e. The molecule has 31 heavy (non-hydrogen) atoms. The van der Waals surface area contributed by atoms with Crippen molar-refractivity contribution in [3.05, 3.63) is 12.2 Å². The third kappa shape index (κ3) is 2.65. The van der Waals surface area contributed by atoms with Gasteiger partial charge in [-0.1, -0.05) is 53.7 Å².